The first-order valence-electron chi connectivity index (χ1n) is 9.39. The molecule has 0 saturated heterocycles. The Hall–Kier alpha value is -3.17. The first kappa shape index (κ1) is 28.1. The summed E-state index contributed by atoms with van der Waals surface area (Å²) in [6.45, 7) is 0.0214. The second kappa shape index (κ2) is 13.1. The molecule has 0 N–H and O–H groups in total. The SMILES string of the molecule is CO/N=C(\c1ccc(OCCOc2ccc(C(=NOSOOC)C(F)(F)F)cc2)cc1)C(F)(F)F. The molecule has 8 nitrogen and oxygen atoms in total. The lowest BCUT2D eigenvalue weighted by Crippen LogP contribution is -2.24. The van der Waals surface area contributed by atoms with Gasteiger partial charge in [-0.25, -0.2) is 4.89 Å². The predicted octanol–water partition coefficient (Wildman–Crippen LogP) is 5.48. The largest absolute Gasteiger partial charge is 0.490 e. The Labute approximate surface area is 199 Å². The number of halogens is 6. The van der Waals surface area contributed by atoms with Gasteiger partial charge < -0.3 is 14.3 Å². The van der Waals surface area contributed by atoms with Gasteiger partial charge in [0.2, 0.25) is 0 Å². The summed E-state index contributed by atoms with van der Waals surface area (Å²) in [5.41, 5.74) is -2.98. The molecule has 0 aromatic heterocycles. The van der Waals surface area contributed by atoms with Gasteiger partial charge in [0, 0.05) is 11.1 Å². The van der Waals surface area contributed by atoms with Gasteiger partial charge in [0.05, 0.1) is 7.11 Å². The Morgan fingerprint density at radius 3 is 1.51 bits per heavy atom. The Bertz CT molecular complexity index is 982. The molecule has 15 heteroatoms. The van der Waals surface area contributed by atoms with Crippen LogP contribution in [0.25, 0.3) is 0 Å². The van der Waals surface area contributed by atoms with Crippen molar-refractivity contribution in [3.8, 4) is 11.5 Å². The molecule has 192 valence electrons. The molecule has 0 atom stereocenters. The minimum absolute atomic E-state index is 0.00829. The van der Waals surface area contributed by atoms with Crippen molar-refractivity contribution < 1.29 is 54.2 Å². The van der Waals surface area contributed by atoms with Crippen LogP contribution in [0.4, 0.5) is 26.3 Å². The highest BCUT2D eigenvalue weighted by atomic mass is 32.2. The smallest absolute Gasteiger partial charge is 0.437 e. The molecule has 0 saturated carbocycles. The average Bonchev–Trinajstić information content (AvgIpc) is 2.80. The van der Waals surface area contributed by atoms with Crippen LogP contribution in [-0.4, -0.2) is 51.2 Å². The lowest BCUT2D eigenvalue weighted by atomic mass is 10.1. The van der Waals surface area contributed by atoms with E-state index in [-0.39, 0.29) is 48.2 Å². The molecule has 0 heterocycles. The minimum atomic E-state index is -4.80. The van der Waals surface area contributed by atoms with Gasteiger partial charge in [-0.15, -0.1) is 4.33 Å². The van der Waals surface area contributed by atoms with Gasteiger partial charge in [-0.3, -0.25) is 4.28 Å². The molecule has 2 rings (SSSR count). The monoisotopic (exact) mass is 528 g/mol. The van der Waals surface area contributed by atoms with E-state index in [4.69, 9.17) is 9.47 Å². The van der Waals surface area contributed by atoms with Crippen molar-refractivity contribution in [3.05, 3.63) is 59.7 Å². The minimum Gasteiger partial charge on any atom is -0.490 e. The lowest BCUT2D eigenvalue weighted by Gasteiger charge is -2.12. The van der Waals surface area contributed by atoms with E-state index in [1.54, 1.807) is 0 Å². The summed E-state index contributed by atoms with van der Waals surface area (Å²) in [6.07, 6.45) is -9.49. The van der Waals surface area contributed by atoms with E-state index < -0.39 is 23.8 Å². The van der Waals surface area contributed by atoms with Gasteiger partial charge in [0.25, 0.3) is 12.3 Å². The maximum absolute atomic E-state index is 13.2. The topological polar surface area (TPSA) is 80.1 Å². The first-order chi connectivity index (χ1) is 16.6. The third-order valence-corrected chi connectivity index (χ3v) is 4.18. The summed E-state index contributed by atoms with van der Waals surface area (Å²) in [4.78, 5) is 8.39. The zero-order valence-corrected chi connectivity index (χ0v) is 18.9. The number of benzene rings is 2. The van der Waals surface area contributed by atoms with Crippen LogP contribution in [-0.2, 0) is 18.3 Å². The van der Waals surface area contributed by atoms with E-state index in [2.05, 4.69) is 28.7 Å². The van der Waals surface area contributed by atoms with Gasteiger partial charge >= 0.3 is 12.4 Å². The summed E-state index contributed by atoms with van der Waals surface area (Å²) in [7, 11) is 2.14. The van der Waals surface area contributed by atoms with Gasteiger partial charge in [-0.05, 0) is 48.5 Å². The molecular formula is C20H18F6N2O6S. The third-order valence-electron chi connectivity index (χ3n) is 3.85. The zero-order chi connectivity index (χ0) is 25.9. The van der Waals surface area contributed by atoms with Gasteiger partial charge in [-0.1, -0.05) is 10.3 Å². The second-order valence-electron chi connectivity index (χ2n) is 6.18. The fourth-order valence-electron chi connectivity index (χ4n) is 2.46. The molecule has 0 amide bonds. The van der Waals surface area contributed by atoms with Crippen molar-refractivity contribution in [3.63, 3.8) is 0 Å². The Morgan fingerprint density at radius 2 is 1.14 bits per heavy atom. The maximum Gasteiger partial charge on any atom is 0.437 e. The van der Waals surface area contributed by atoms with Gasteiger partial charge in [0.15, 0.2) is 11.4 Å². The van der Waals surface area contributed by atoms with Crippen LogP contribution in [0, 0.1) is 0 Å². The van der Waals surface area contributed by atoms with Gasteiger partial charge in [0.1, 0.15) is 31.8 Å². The van der Waals surface area contributed by atoms with Crippen LogP contribution in [0.1, 0.15) is 11.1 Å². The second-order valence-corrected chi connectivity index (χ2v) is 6.60. The van der Waals surface area contributed by atoms with E-state index in [1.807, 2.05) is 0 Å². The number of rotatable bonds is 12. The molecule has 0 spiro atoms. The fourth-order valence-corrected chi connectivity index (χ4v) is 2.64. The number of oxime groups is 2. The maximum atomic E-state index is 13.2. The van der Waals surface area contributed by atoms with Crippen LogP contribution < -0.4 is 9.47 Å². The van der Waals surface area contributed by atoms with Crippen LogP contribution in [0.5, 0.6) is 11.5 Å². The quantitative estimate of drug-likeness (QED) is 0.0901. The molecular weight excluding hydrogens is 510 g/mol. The van der Waals surface area contributed by atoms with Gasteiger partial charge in [-0.2, -0.15) is 26.3 Å². The van der Waals surface area contributed by atoms with Crippen LogP contribution in [0.2, 0.25) is 0 Å². The van der Waals surface area contributed by atoms with E-state index in [1.165, 1.54) is 36.4 Å². The summed E-state index contributed by atoms with van der Waals surface area (Å²) in [6, 6.07) is 9.82. The van der Waals surface area contributed by atoms with E-state index in [0.29, 0.717) is 0 Å². The van der Waals surface area contributed by atoms with Crippen molar-refractivity contribution in [2.75, 3.05) is 27.4 Å². The first-order valence-corrected chi connectivity index (χ1v) is 10.1. The molecule has 0 bridgehead atoms. The predicted molar refractivity (Wildman–Crippen MR) is 113 cm³/mol. The average molecular weight is 528 g/mol. The highest BCUT2D eigenvalue weighted by molar-refractivity contribution is 7.89. The molecule has 0 aliphatic carbocycles. The van der Waals surface area contributed by atoms with Crippen LogP contribution in [0.3, 0.4) is 0 Å². The van der Waals surface area contributed by atoms with E-state index >= 15 is 0 Å². The molecule has 0 aliphatic heterocycles. The highest BCUT2D eigenvalue weighted by Crippen LogP contribution is 2.26. The standard InChI is InChI=1S/C20H18F6N2O6S/c1-29-27-17(19(21,22)23)13-3-7-15(8-4-13)31-11-12-32-16-9-5-14(6-10-16)18(20(24,25)26)28-33-35-34-30-2/h3-10H,11-12H2,1-2H3/b27-17+,28-18?. The Morgan fingerprint density at radius 1 is 0.714 bits per heavy atom. The molecule has 0 unspecified atom stereocenters. The van der Waals surface area contributed by atoms with E-state index in [9.17, 15) is 26.3 Å². The van der Waals surface area contributed by atoms with Crippen LogP contribution >= 0.6 is 12.3 Å². The number of alkyl halides is 6. The number of ether oxygens (including phenoxy) is 2. The molecule has 35 heavy (non-hydrogen) atoms. The highest BCUT2D eigenvalue weighted by Gasteiger charge is 2.38. The normalized spacial score (nSPS) is 12.9. The summed E-state index contributed by atoms with van der Waals surface area (Å²) >= 11 is 0.103. The molecule has 0 radical (unpaired) electrons. The molecule has 0 aliphatic rings. The summed E-state index contributed by atoms with van der Waals surface area (Å²) < 4.78 is 97.8. The number of hydrogen-bond acceptors (Lipinski definition) is 9. The summed E-state index contributed by atoms with van der Waals surface area (Å²) in [5.74, 6) is 0.519. The number of nitrogens with zero attached hydrogens (tertiary/aromatic N) is 2. The van der Waals surface area contributed by atoms with Crippen molar-refractivity contribution in [1.82, 2.24) is 0 Å². The van der Waals surface area contributed by atoms with Crippen molar-refractivity contribution in [2.24, 2.45) is 10.3 Å². The third kappa shape index (κ3) is 9.18. The Kier molecular flexibility index (Phi) is 10.5. The fraction of sp³-hybridized carbons (Fsp3) is 0.300. The van der Waals surface area contributed by atoms with Crippen molar-refractivity contribution >= 4 is 23.7 Å². The van der Waals surface area contributed by atoms with Crippen LogP contribution in [0.15, 0.2) is 58.8 Å². The molecule has 0 fully saturated rings. The lowest BCUT2D eigenvalue weighted by molar-refractivity contribution is -0.166. The molecule has 2 aromatic carbocycles. The summed E-state index contributed by atoms with van der Waals surface area (Å²) in [5, 5.41) is 5.99. The molecule has 2 aromatic rings. The van der Waals surface area contributed by atoms with Crippen molar-refractivity contribution in [1.29, 1.82) is 0 Å². The van der Waals surface area contributed by atoms with E-state index in [0.717, 1.165) is 26.4 Å². The zero-order valence-electron chi connectivity index (χ0n) is 18.1. The number of hydrogen-bond donors (Lipinski definition) is 0. The van der Waals surface area contributed by atoms with Crippen molar-refractivity contribution in [2.45, 2.75) is 12.4 Å². The Balaban J connectivity index is 1.90.